The molecule has 56 valence electrons. The van der Waals surface area contributed by atoms with Crippen molar-refractivity contribution in [3.05, 3.63) is 30.3 Å². The Morgan fingerprint density at radius 1 is 1.27 bits per heavy atom. The molecule has 1 aliphatic rings. The highest BCUT2D eigenvalue weighted by Gasteiger charge is 2.16. The minimum Gasteiger partial charge on any atom is -0.341 e. The third-order valence-corrected chi connectivity index (χ3v) is 1.60. The molecular weight excluding hydrogens is 140 g/mol. The first-order chi connectivity index (χ1) is 5.47. The first-order valence-electron chi connectivity index (χ1n) is 3.62. The number of hydrogen-bond donors (Lipinski definition) is 0. The molecular formula is C8H9N2O+. The predicted molar refractivity (Wildman–Crippen MR) is 39.6 cm³/mol. The van der Waals surface area contributed by atoms with Crippen molar-refractivity contribution in [2.24, 2.45) is 5.28 Å². The summed E-state index contributed by atoms with van der Waals surface area (Å²) in [5, 5.41) is 3.84. The fourth-order valence-electron chi connectivity index (χ4n) is 1.05. The Morgan fingerprint density at radius 2 is 2.09 bits per heavy atom. The zero-order valence-electron chi connectivity index (χ0n) is 6.10. The molecule has 3 nitrogen and oxygen atoms in total. The molecule has 0 aliphatic carbocycles. The minimum absolute atomic E-state index is 0.689. The van der Waals surface area contributed by atoms with Crippen molar-refractivity contribution < 1.29 is 9.53 Å². The molecule has 0 N–H and O–H groups in total. The highest BCUT2D eigenvalue weighted by atomic mass is 16.7. The summed E-state index contributed by atoms with van der Waals surface area (Å²) in [5.74, 6) is 0. The van der Waals surface area contributed by atoms with E-state index < -0.39 is 0 Å². The zero-order valence-corrected chi connectivity index (χ0v) is 6.10. The topological polar surface area (TPSA) is 24.6 Å². The second-order valence-electron chi connectivity index (χ2n) is 2.37. The maximum absolute atomic E-state index is 4.86. The third-order valence-electron chi connectivity index (χ3n) is 1.60. The summed E-state index contributed by atoms with van der Waals surface area (Å²) in [4.78, 5) is 4.86. The van der Waals surface area contributed by atoms with Gasteiger partial charge in [-0.15, -0.1) is 0 Å². The second kappa shape index (κ2) is 2.70. The van der Waals surface area contributed by atoms with Crippen LogP contribution in [0.3, 0.4) is 0 Å². The van der Waals surface area contributed by atoms with E-state index in [1.54, 1.807) is 0 Å². The number of hydrogen-bond acceptors (Lipinski definition) is 2. The highest BCUT2D eigenvalue weighted by Crippen LogP contribution is 2.13. The predicted octanol–water partition coefficient (Wildman–Crippen LogP) is 1.73. The molecule has 0 atom stereocenters. The van der Waals surface area contributed by atoms with Crippen LogP contribution in [-0.4, -0.2) is 17.8 Å². The van der Waals surface area contributed by atoms with E-state index in [0.717, 1.165) is 12.2 Å². The lowest BCUT2D eigenvalue weighted by Gasteiger charge is -1.87. The molecule has 0 unspecified atom stereocenters. The third kappa shape index (κ3) is 1.22. The fraction of sp³-hybridized carbons (Fsp3) is 0.250. The quantitative estimate of drug-likeness (QED) is 0.558. The van der Waals surface area contributed by atoms with Gasteiger partial charge in [0, 0.05) is 12.1 Å². The molecule has 1 aliphatic heterocycles. The Balaban J connectivity index is 2.29. The Kier molecular flexibility index (Phi) is 1.55. The smallest absolute Gasteiger partial charge is 0.235 e. The lowest BCUT2D eigenvalue weighted by atomic mass is 10.3. The van der Waals surface area contributed by atoms with E-state index in [1.165, 1.54) is 0 Å². The first kappa shape index (κ1) is 6.34. The average Bonchev–Trinajstić information content (AvgIpc) is 2.58. The van der Waals surface area contributed by atoms with Gasteiger partial charge in [-0.3, -0.25) is 0 Å². The van der Waals surface area contributed by atoms with Crippen LogP contribution in [0.1, 0.15) is 0 Å². The van der Waals surface area contributed by atoms with Crippen LogP contribution in [-0.2, 0) is 4.84 Å². The van der Waals surface area contributed by atoms with E-state index in [0.29, 0.717) is 6.61 Å². The summed E-state index contributed by atoms with van der Waals surface area (Å²) >= 11 is 0. The van der Waals surface area contributed by atoms with Crippen LogP contribution in [0.4, 0.5) is 5.69 Å². The summed E-state index contributed by atoms with van der Waals surface area (Å²) in [5.41, 5.74) is 1.09. The molecule has 1 heterocycles. The summed E-state index contributed by atoms with van der Waals surface area (Å²) in [7, 11) is 0. The minimum atomic E-state index is 0.689. The maximum Gasteiger partial charge on any atom is 0.235 e. The number of rotatable bonds is 1. The lowest BCUT2D eigenvalue weighted by molar-refractivity contribution is -0.506. The van der Waals surface area contributed by atoms with Gasteiger partial charge in [-0.1, -0.05) is 18.2 Å². The SMILES string of the molecule is c1ccc([N+]2=NOCC2)cc1. The molecule has 0 fully saturated rings. The summed E-state index contributed by atoms with van der Waals surface area (Å²) in [6.45, 7) is 1.54. The molecule has 0 aromatic heterocycles. The number of nitrogens with zero attached hydrogens (tertiary/aromatic N) is 2. The molecule has 11 heavy (non-hydrogen) atoms. The Morgan fingerprint density at radius 3 is 2.73 bits per heavy atom. The van der Waals surface area contributed by atoms with Crippen LogP contribution in [0.25, 0.3) is 0 Å². The van der Waals surface area contributed by atoms with Crippen LogP contribution in [0.15, 0.2) is 35.6 Å². The molecule has 0 bridgehead atoms. The van der Waals surface area contributed by atoms with Crippen LogP contribution >= 0.6 is 0 Å². The molecule has 1 aromatic rings. The molecule has 0 amide bonds. The van der Waals surface area contributed by atoms with Crippen molar-refractivity contribution in [2.45, 2.75) is 0 Å². The molecule has 0 saturated carbocycles. The van der Waals surface area contributed by atoms with Gasteiger partial charge in [-0.05, 0) is 4.70 Å². The van der Waals surface area contributed by atoms with E-state index in [4.69, 9.17) is 4.84 Å². The van der Waals surface area contributed by atoms with Crippen LogP contribution < -0.4 is 0 Å². The molecule has 0 radical (unpaired) electrons. The highest BCUT2D eigenvalue weighted by molar-refractivity contribution is 5.27. The first-order valence-corrected chi connectivity index (χ1v) is 3.62. The monoisotopic (exact) mass is 149 g/mol. The Hall–Kier alpha value is -1.38. The van der Waals surface area contributed by atoms with E-state index in [1.807, 2.05) is 35.0 Å². The zero-order chi connectivity index (χ0) is 7.52. The molecule has 2 rings (SSSR count). The van der Waals surface area contributed by atoms with E-state index >= 15 is 0 Å². The van der Waals surface area contributed by atoms with Gasteiger partial charge in [-0.25, -0.2) is 0 Å². The summed E-state index contributed by atoms with van der Waals surface area (Å²) < 4.78 is 1.85. The van der Waals surface area contributed by atoms with Gasteiger partial charge in [0.15, 0.2) is 11.9 Å². The van der Waals surface area contributed by atoms with Crippen molar-refractivity contribution >= 4 is 5.69 Å². The van der Waals surface area contributed by atoms with Crippen molar-refractivity contribution in [3.63, 3.8) is 0 Å². The van der Waals surface area contributed by atoms with Crippen molar-refractivity contribution in [3.8, 4) is 0 Å². The van der Waals surface area contributed by atoms with E-state index in [2.05, 4.69) is 5.28 Å². The largest absolute Gasteiger partial charge is 0.341 e. The van der Waals surface area contributed by atoms with Crippen LogP contribution in [0.5, 0.6) is 0 Å². The van der Waals surface area contributed by atoms with Crippen molar-refractivity contribution in [2.75, 3.05) is 13.2 Å². The van der Waals surface area contributed by atoms with Gasteiger partial charge >= 0.3 is 0 Å². The normalized spacial score (nSPS) is 15.8. The van der Waals surface area contributed by atoms with E-state index in [9.17, 15) is 0 Å². The van der Waals surface area contributed by atoms with Crippen molar-refractivity contribution in [1.82, 2.24) is 0 Å². The van der Waals surface area contributed by atoms with Crippen LogP contribution in [0, 0.1) is 0 Å². The Bertz CT molecular complexity index is 269. The standard InChI is InChI=1S/C8H9N2O/c1-2-4-8(5-3-1)10-6-7-11-9-10/h1-5H,6-7H2/q+1. The van der Waals surface area contributed by atoms with Gasteiger partial charge in [0.1, 0.15) is 0 Å². The van der Waals surface area contributed by atoms with Crippen LogP contribution in [0.2, 0.25) is 0 Å². The number of para-hydroxylation sites is 1. The lowest BCUT2D eigenvalue weighted by Crippen LogP contribution is -2.00. The van der Waals surface area contributed by atoms with Gasteiger partial charge in [0.2, 0.25) is 12.2 Å². The molecule has 1 aromatic carbocycles. The molecule has 3 heteroatoms. The number of benzene rings is 1. The summed E-state index contributed by atoms with van der Waals surface area (Å²) in [6.07, 6.45) is 0. The van der Waals surface area contributed by atoms with E-state index in [-0.39, 0.29) is 0 Å². The second-order valence-corrected chi connectivity index (χ2v) is 2.37. The fourth-order valence-corrected chi connectivity index (χ4v) is 1.05. The molecule has 0 saturated heterocycles. The maximum atomic E-state index is 4.86. The summed E-state index contributed by atoms with van der Waals surface area (Å²) in [6, 6.07) is 9.99. The average molecular weight is 149 g/mol. The Labute approximate surface area is 64.9 Å². The van der Waals surface area contributed by atoms with Gasteiger partial charge in [0.05, 0.1) is 0 Å². The van der Waals surface area contributed by atoms with Gasteiger partial charge < -0.3 is 4.84 Å². The van der Waals surface area contributed by atoms with Gasteiger partial charge in [-0.2, -0.15) is 0 Å². The molecule has 0 spiro atoms. The van der Waals surface area contributed by atoms with Crippen molar-refractivity contribution in [1.29, 1.82) is 0 Å². The van der Waals surface area contributed by atoms with Gasteiger partial charge in [0.25, 0.3) is 0 Å².